The van der Waals surface area contributed by atoms with Crippen LogP contribution in [0.2, 0.25) is 0 Å². The molecule has 0 aromatic rings. The molecule has 1 atom stereocenters. The van der Waals surface area contributed by atoms with E-state index >= 15 is 0 Å². The lowest BCUT2D eigenvalue weighted by molar-refractivity contribution is 0.428. The average Bonchev–Trinajstić information content (AvgIpc) is 2.09. The maximum Gasteiger partial charge on any atom is 0.0947 e. The number of nitrogens with zero attached hydrogens (tertiary/aromatic N) is 1. The molecule has 2 heteroatoms. The fourth-order valence-corrected chi connectivity index (χ4v) is 1.51. The molecule has 0 spiro atoms. The Labute approximate surface area is 67.9 Å². The van der Waals surface area contributed by atoms with Gasteiger partial charge in [-0.05, 0) is 26.3 Å². The van der Waals surface area contributed by atoms with E-state index in [-0.39, 0.29) is 0 Å². The summed E-state index contributed by atoms with van der Waals surface area (Å²) in [6.45, 7) is 4.03. The van der Waals surface area contributed by atoms with Crippen LogP contribution in [0, 0.1) is 17.2 Å². The quantitative estimate of drug-likeness (QED) is 0.574. The minimum absolute atomic E-state index is 0.471. The third-order valence-corrected chi connectivity index (χ3v) is 2.18. The molecule has 0 aromatic heterocycles. The van der Waals surface area contributed by atoms with Gasteiger partial charge in [-0.2, -0.15) is 5.26 Å². The molecule has 0 amide bonds. The van der Waals surface area contributed by atoms with Crippen LogP contribution in [-0.2, 0) is 0 Å². The lowest BCUT2D eigenvalue weighted by atomic mass is 9.92. The van der Waals surface area contributed by atoms with Gasteiger partial charge >= 0.3 is 0 Å². The standard InChI is InChI=1S/C9H14N2/c1-2-8(6-10)9-4-3-5-11-7-9/h2,9,11H,3-5,7H2,1H3/b8-2-. The molecule has 1 fully saturated rings. The Balaban J connectivity index is 2.52. The van der Waals surface area contributed by atoms with Crippen molar-refractivity contribution in [2.24, 2.45) is 5.92 Å². The summed E-state index contributed by atoms with van der Waals surface area (Å²) in [4.78, 5) is 0. The second-order valence-corrected chi connectivity index (χ2v) is 2.90. The molecule has 2 nitrogen and oxygen atoms in total. The number of hydrogen-bond donors (Lipinski definition) is 1. The molecule has 0 aliphatic carbocycles. The highest BCUT2D eigenvalue weighted by atomic mass is 14.9. The predicted molar refractivity (Wildman–Crippen MR) is 45.0 cm³/mol. The number of nitriles is 1. The summed E-state index contributed by atoms with van der Waals surface area (Å²) in [5, 5.41) is 12.0. The van der Waals surface area contributed by atoms with Gasteiger partial charge in [0.15, 0.2) is 0 Å². The molecule has 0 saturated carbocycles. The Morgan fingerprint density at radius 3 is 3.00 bits per heavy atom. The smallest absolute Gasteiger partial charge is 0.0947 e. The van der Waals surface area contributed by atoms with E-state index in [9.17, 15) is 0 Å². The first kappa shape index (κ1) is 8.29. The van der Waals surface area contributed by atoms with Crippen LogP contribution >= 0.6 is 0 Å². The van der Waals surface area contributed by atoms with Gasteiger partial charge in [-0.1, -0.05) is 6.08 Å². The third-order valence-electron chi connectivity index (χ3n) is 2.18. The topological polar surface area (TPSA) is 35.8 Å². The second-order valence-electron chi connectivity index (χ2n) is 2.90. The second kappa shape index (κ2) is 4.15. The van der Waals surface area contributed by atoms with E-state index in [4.69, 9.17) is 5.26 Å². The Hall–Kier alpha value is -0.810. The van der Waals surface area contributed by atoms with Crippen molar-refractivity contribution < 1.29 is 0 Å². The highest BCUT2D eigenvalue weighted by Crippen LogP contribution is 2.18. The SMILES string of the molecule is C/C=C(/C#N)C1CCCNC1. The van der Waals surface area contributed by atoms with Crippen LogP contribution in [0.4, 0.5) is 0 Å². The molecular weight excluding hydrogens is 136 g/mol. The van der Waals surface area contributed by atoms with Crippen LogP contribution in [0.15, 0.2) is 11.6 Å². The fraction of sp³-hybridized carbons (Fsp3) is 0.667. The summed E-state index contributed by atoms with van der Waals surface area (Å²) in [6.07, 6.45) is 4.29. The highest BCUT2D eigenvalue weighted by Gasteiger charge is 2.15. The van der Waals surface area contributed by atoms with Gasteiger partial charge in [-0.15, -0.1) is 0 Å². The van der Waals surface area contributed by atoms with Crippen molar-refractivity contribution in [1.82, 2.24) is 5.32 Å². The molecule has 0 radical (unpaired) electrons. The molecule has 1 aliphatic rings. The van der Waals surface area contributed by atoms with Gasteiger partial charge in [-0.3, -0.25) is 0 Å². The number of hydrogen-bond acceptors (Lipinski definition) is 2. The number of rotatable bonds is 1. The van der Waals surface area contributed by atoms with E-state index in [1.165, 1.54) is 12.8 Å². The largest absolute Gasteiger partial charge is 0.316 e. The summed E-state index contributed by atoms with van der Waals surface area (Å²) < 4.78 is 0. The number of allylic oxidation sites excluding steroid dienone is 1. The molecule has 1 rings (SSSR count). The predicted octanol–water partition coefficient (Wildman–Crippen LogP) is 1.46. The van der Waals surface area contributed by atoms with E-state index in [1.807, 2.05) is 13.0 Å². The maximum absolute atomic E-state index is 8.73. The molecule has 11 heavy (non-hydrogen) atoms. The third kappa shape index (κ3) is 2.06. The van der Waals surface area contributed by atoms with Crippen molar-refractivity contribution in [1.29, 1.82) is 5.26 Å². The van der Waals surface area contributed by atoms with Crippen molar-refractivity contribution in [3.05, 3.63) is 11.6 Å². The molecular formula is C9H14N2. The normalized spacial score (nSPS) is 26.2. The van der Waals surface area contributed by atoms with Crippen LogP contribution in [0.25, 0.3) is 0 Å². The molecule has 1 unspecified atom stereocenters. The lowest BCUT2D eigenvalue weighted by Crippen LogP contribution is -2.30. The minimum atomic E-state index is 0.471. The van der Waals surface area contributed by atoms with Crippen LogP contribution in [-0.4, -0.2) is 13.1 Å². The van der Waals surface area contributed by atoms with E-state index in [0.29, 0.717) is 5.92 Å². The van der Waals surface area contributed by atoms with Gasteiger partial charge in [0.2, 0.25) is 0 Å². The van der Waals surface area contributed by atoms with Gasteiger partial charge in [-0.25, -0.2) is 0 Å². The molecule has 60 valence electrons. The van der Waals surface area contributed by atoms with Gasteiger partial charge in [0.05, 0.1) is 6.07 Å². The Morgan fingerprint density at radius 2 is 2.55 bits per heavy atom. The molecule has 1 heterocycles. The van der Waals surface area contributed by atoms with E-state index in [1.54, 1.807) is 0 Å². The van der Waals surface area contributed by atoms with Gasteiger partial charge in [0.1, 0.15) is 0 Å². The van der Waals surface area contributed by atoms with Gasteiger partial charge in [0, 0.05) is 18.0 Å². The molecule has 1 aliphatic heterocycles. The van der Waals surface area contributed by atoms with E-state index < -0.39 is 0 Å². The number of nitrogens with one attached hydrogen (secondary N) is 1. The summed E-state index contributed by atoms with van der Waals surface area (Å²) in [6, 6.07) is 2.24. The minimum Gasteiger partial charge on any atom is -0.316 e. The van der Waals surface area contributed by atoms with Crippen LogP contribution in [0.5, 0.6) is 0 Å². The average molecular weight is 150 g/mol. The Morgan fingerprint density at radius 1 is 1.73 bits per heavy atom. The van der Waals surface area contributed by atoms with Crippen molar-refractivity contribution >= 4 is 0 Å². The summed E-state index contributed by atoms with van der Waals surface area (Å²) in [7, 11) is 0. The molecule has 0 aromatic carbocycles. The number of piperidine rings is 1. The molecule has 0 bridgehead atoms. The van der Waals surface area contributed by atoms with Gasteiger partial charge in [0.25, 0.3) is 0 Å². The molecule has 1 N–H and O–H groups in total. The van der Waals surface area contributed by atoms with Crippen LogP contribution in [0.3, 0.4) is 0 Å². The van der Waals surface area contributed by atoms with E-state index in [0.717, 1.165) is 18.7 Å². The van der Waals surface area contributed by atoms with Crippen molar-refractivity contribution in [3.8, 4) is 6.07 Å². The van der Waals surface area contributed by atoms with Gasteiger partial charge < -0.3 is 5.32 Å². The van der Waals surface area contributed by atoms with Crippen LogP contribution in [0.1, 0.15) is 19.8 Å². The molecule has 1 saturated heterocycles. The first-order valence-corrected chi connectivity index (χ1v) is 4.15. The van der Waals surface area contributed by atoms with Crippen molar-refractivity contribution in [2.45, 2.75) is 19.8 Å². The van der Waals surface area contributed by atoms with Crippen molar-refractivity contribution in [3.63, 3.8) is 0 Å². The zero-order valence-electron chi connectivity index (χ0n) is 6.93. The van der Waals surface area contributed by atoms with E-state index in [2.05, 4.69) is 11.4 Å². The highest BCUT2D eigenvalue weighted by molar-refractivity contribution is 5.23. The Bertz CT molecular complexity index is 182. The summed E-state index contributed by atoms with van der Waals surface area (Å²) >= 11 is 0. The van der Waals surface area contributed by atoms with Crippen molar-refractivity contribution in [2.75, 3.05) is 13.1 Å². The zero-order valence-corrected chi connectivity index (χ0v) is 6.93. The Kier molecular flexibility index (Phi) is 3.13. The zero-order chi connectivity index (χ0) is 8.10. The first-order chi connectivity index (χ1) is 5.38. The lowest BCUT2D eigenvalue weighted by Gasteiger charge is -2.21. The fourth-order valence-electron chi connectivity index (χ4n) is 1.51. The van der Waals surface area contributed by atoms with Crippen LogP contribution < -0.4 is 5.32 Å². The summed E-state index contributed by atoms with van der Waals surface area (Å²) in [5.41, 5.74) is 0.942. The monoisotopic (exact) mass is 150 g/mol. The summed E-state index contributed by atoms with van der Waals surface area (Å²) in [5.74, 6) is 0.471. The maximum atomic E-state index is 8.73. The first-order valence-electron chi connectivity index (χ1n) is 4.15.